The molecule has 0 aliphatic carbocycles. The maximum atomic E-state index is 5.78. The lowest BCUT2D eigenvalue weighted by Crippen LogP contribution is -2.31. The molecule has 4 heteroatoms. The number of halogens is 1. The molecular weight excluding hydrogens is 200 g/mol. The highest BCUT2D eigenvalue weighted by molar-refractivity contribution is 6.30. The fourth-order valence-electron chi connectivity index (χ4n) is 1.17. The predicted octanol–water partition coefficient (Wildman–Crippen LogP) is 1.88. The summed E-state index contributed by atoms with van der Waals surface area (Å²) in [6, 6.07) is 7.57. The monoisotopic (exact) mass is 214 g/mol. The third-order valence-corrected chi connectivity index (χ3v) is 2.21. The molecule has 3 nitrogen and oxygen atoms in total. The molecule has 0 bridgehead atoms. The number of hydrazine groups is 1. The molecule has 0 spiro atoms. The van der Waals surface area contributed by atoms with Gasteiger partial charge in [-0.15, -0.1) is 0 Å². The van der Waals surface area contributed by atoms with Crippen LogP contribution in [0.1, 0.15) is 18.5 Å². The van der Waals surface area contributed by atoms with Crippen LogP contribution >= 0.6 is 11.6 Å². The summed E-state index contributed by atoms with van der Waals surface area (Å²) < 4.78 is 5.30. The number of hydrogen-bond donors (Lipinski definition) is 2. The Labute approximate surface area is 89.2 Å². The van der Waals surface area contributed by atoms with E-state index < -0.39 is 0 Å². The quantitative estimate of drug-likeness (QED) is 0.581. The molecular formula is C10H15ClN2O. The summed E-state index contributed by atoms with van der Waals surface area (Å²) in [6.07, 6.45) is 0. The number of nitrogens with one attached hydrogen (secondary N) is 1. The minimum Gasteiger partial charge on any atom is -0.380 e. The smallest absolute Gasteiger partial charge is 0.0693 e. The second-order valence-corrected chi connectivity index (χ2v) is 3.37. The van der Waals surface area contributed by atoms with E-state index in [2.05, 4.69) is 5.43 Å². The van der Waals surface area contributed by atoms with Gasteiger partial charge in [0.1, 0.15) is 0 Å². The first kappa shape index (κ1) is 11.5. The van der Waals surface area contributed by atoms with Crippen molar-refractivity contribution in [3.63, 3.8) is 0 Å². The van der Waals surface area contributed by atoms with Crippen molar-refractivity contribution < 1.29 is 4.74 Å². The van der Waals surface area contributed by atoms with E-state index in [0.717, 1.165) is 10.6 Å². The normalized spacial score (nSPS) is 12.8. The molecule has 1 aromatic carbocycles. The van der Waals surface area contributed by atoms with Gasteiger partial charge in [0.05, 0.1) is 12.6 Å². The van der Waals surface area contributed by atoms with Crippen LogP contribution in [0.4, 0.5) is 0 Å². The van der Waals surface area contributed by atoms with Crippen molar-refractivity contribution in [2.75, 3.05) is 13.2 Å². The number of benzene rings is 1. The van der Waals surface area contributed by atoms with Gasteiger partial charge in [-0.2, -0.15) is 0 Å². The standard InChI is InChI=1S/C10H15ClN2O/c1-2-14-7-10(13-12)8-3-5-9(11)6-4-8/h3-6,10,13H,2,7,12H2,1H3. The first-order valence-electron chi connectivity index (χ1n) is 4.57. The first-order chi connectivity index (χ1) is 6.77. The summed E-state index contributed by atoms with van der Waals surface area (Å²) >= 11 is 5.78. The lowest BCUT2D eigenvalue weighted by molar-refractivity contribution is 0.123. The number of hydrogen-bond acceptors (Lipinski definition) is 3. The highest BCUT2D eigenvalue weighted by atomic mass is 35.5. The number of ether oxygens (including phenoxy) is 1. The van der Waals surface area contributed by atoms with Gasteiger partial charge in [0.2, 0.25) is 0 Å². The molecule has 3 N–H and O–H groups in total. The Morgan fingerprint density at radius 1 is 1.43 bits per heavy atom. The molecule has 0 aliphatic rings. The molecule has 1 unspecified atom stereocenters. The molecule has 0 aromatic heterocycles. The number of rotatable bonds is 5. The number of nitrogens with two attached hydrogens (primary N) is 1. The molecule has 0 amide bonds. The molecule has 1 aromatic rings. The van der Waals surface area contributed by atoms with Gasteiger partial charge in [-0.25, -0.2) is 0 Å². The summed E-state index contributed by atoms with van der Waals surface area (Å²) in [5.74, 6) is 5.42. The van der Waals surface area contributed by atoms with Crippen LogP contribution in [-0.4, -0.2) is 13.2 Å². The predicted molar refractivity (Wildman–Crippen MR) is 58.0 cm³/mol. The summed E-state index contributed by atoms with van der Waals surface area (Å²) in [7, 11) is 0. The van der Waals surface area contributed by atoms with Crippen LogP contribution in [0.3, 0.4) is 0 Å². The lowest BCUT2D eigenvalue weighted by atomic mass is 10.1. The van der Waals surface area contributed by atoms with E-state index >= 15 is 0 Å². The first-order valence-corrected chi connectivity index (χ1v) is 4.95. The van der Waals surface area contributed by atoms with E-state index in [4.69, 9.17) is 22.2 Å². The third kappa shape index (κ3) is 3.27. The SMILES string of the molecule is CCOCC(NN)c1ccc(Cl)cc1. The molecule has 0 saturated heterocycles. The van der Waals surface area contributed by atoms with E-state index in [9.17, 15) is 0 Å². The van der Waals surface area contributed by atoms with Crippen molar-refractivity contribution in [1.82, 2.24) is 5.43 Å². The van der Waals surface area contributed by atoms with Crippen LogP contribution in [0.25, 0.3) is 0 Å². The van der Waals surface area contributed by atoms with Crippen molar-refractivity contribution in [2.24, 2.45) is 5.84 Å². The topological polar surface area (TPSA) is 47.3 Å². The van der Waals surface area contributed by atoms with E-state index in [1.165, 1.54) is 0 Å². The van der Waals surface area contributed by atoms with Gasteiger partial charge in [0, 0.05) is 11.6 Å². The Hall–Kier alpha value is -0.610. The van der Waals surface area contributed by atoms with Crippen LogP contribution in [-0.2, 0) is 4.74 Å². The fraction of sp³-hybridized carbons (Fsp3) is 0.400. The molecule has 14 heavy (non-hydrogen) atoms. The minimum absolute atomic E-state index is 0.0206. The van der Waals surface area contributed by atoms with Crippen LogP contribution in [0.2, 0.25) is 5.02 Å². The van der Waals surface area contributed by atoms with Gasteiger partial charge >= 0.3 is 0 Å². The van der Waals surface area contributed by atoms with E-state index in [1.807, 2.05) is 31.2 Å². The summed E-state index contributed by atoms with van der Waals surface area (Å²) in [4.78, 5) is 0. The zero-order valence-electron chi connectivity index (χ0n) is 8.16. The zero-order chi connectivity index (χ0) is 10.4. The third-order valence-electron chi connectivity index (χ3n) is 1.96. The molecule has 0 fully saturated rings. The van der Waals surface area contributed by atoms with E-state index in [1.54, 1.807) is 0 Å². The second-order valence-electron chi connectivity index (χ2n) is 2.93. The van der Waals surface area contributed by atoms with Crippen molar-refractivity contribution in [1.29, 1.82) is 0 Å². The van der Waals surface area contributed by atoms with Gasteiger partial charge in [0.25, 0.3) is 0 Å². The van der Waals surface area contributed by atoms with Crippen LogP contribution in [0, 0.1) is 0 Å². The lowest BCUT2D eigenvalue weighted by Gasteiger charge is -2.15. The molecule has 1 atom stereocenters. The molecule has 0 heterocycles. The molecule has 0 radical (unpaired) electrons. The average molecular weight is 215 g/mol. The zero-order valence-corrected chi connectivity index (χ0v) is 8.92. The van der Waals surface area contributed by atoms with Crippen LogP contribution < -0.4 is 11.3 Å². The Bertz CT molecular complexity index is 263. The molecule has 78 valence electrons. The summed E-state index contributed by atoms with van der Waals surface area (Å²) in [5, 5.41) is 0.723. The van der Waals surface area contributed by atoms with Gasteiger partial charge in [0.15, 0.2) is 0 Å². The largest absolute Gasteiger partial charge is 0.380 e. The van der Waals surface area contributed by atoms with Crippen molar-refractivity contribution in [3.8, 4) is 0 Å². The van der Waals surface area contributed by atoms with Crippen LogP contribution in [0.5, 0.6) is 0 Å². The molecule has 0 aliphatic heterocycles. The summed E-state index contributed by atoms with van der Waals surface area (Å²) in [5.41, 5.74) is 3.78. The average Bonchev–Trinajstić information content (AvgIpc) is 2.21. The van der Waals surface area contributed by atoms with Crippen LogP contribution in [0.15, 0.2) is 24.3 Å². The minimum atomic E-state index is 0.0206. The molecule has 0 saturated carbocycles. The van der Waals surface area contributed by atoms with Crippen molar-refractivity contribution in [2.45, 2.75) is 13.0 Å². The van der Waals surface area contributed by atoms with Crippen molar-refractivity contribution in [3.05, 3.63) is 34.9 Å². The van der Waals surface area contributed by atoms with Crippen molar-refractivity contribution >= 4 is 11.6 Å². The van der Waals surface area contributed by atoms with E-state index in [0.29, 0.717) is 13.2 Å². The Morgan fingerprint density at radius 2 is 2.07 bits per heavy atom. The second kappa shape index (κ2) is 5.98. The molecule has 1 rings (SSSR count). The maximum Gasteiger partial charge on any atom is 0.0693 e. The Kier molecular flexibility index (Phi) is 4.90. The Balaban J connectivity index is 2.64. The van der Waals surface area contributed by atoms with Gasteiger partial charge in [-0.1, -0.05) is 23.7 Å². The van der Waals surface area contributed by atoms with Gasteiger partial charge in [-0.05, 0) is 24.6 Å². The van der Waals surface area contributed by atoms with Gasteiger partial charge < -0.3 is 4.74 Å². The summed E-state index contributed by atoms with van der Waals surface area (Å²) in [6.45, 7) is 3.20. The highest BCUT2D eigenvalue weighted by Gasteiger charge is 2.08. The highest BCUT2D eigenvalue weighted by Crippen LogP contribution is 2.16. The fourth-order valence-corrected chi connectivity index (χ4v) is 1.30. The Morgan fingerprint density at radius 3 is 2.57 bits per heavy atom. The maximum absolute atomic E-state index is 5.78. The van der Waals surface area contributed by atoms with Gasteiger partial charge in [-0.3, -0.25) is 11.3 Å². The van der Waals surface area contributed by atoms with E-state index in [-0.39, 0.29) is 6.04 Å².